The van der Waals surface area contributed by atoms with E-state index >= 15 is 0 Å². The van der Waals surface area contributed by atoms with Crippen LogP contribution in [0, 0.1) is 0 Å². The molecular formula is C15H9BrClNS. The van der Waals surface area contributed by atoms with E-state index in [4.69, 9.17) is 11.6 Å². The fourth-order valence-corrected chi connectivity index (χ4v) is 3.18. The molecule has 4 heteroatoms. The molecule has 0 amide bonds. The normalized spacial score (nSPS) is 10.8. The number of benzene rings is 2. The fraction of sp³-hybridized carbons (Fsp3) is 0. The number of rotatable bonds is 2. The van der Waals surface area contributed by atoms with Crippen LogP contribution in [-0.2, 0) is 0 Å². The van der Waals surface area contributed by atoms with Gasteiger partial charge in [0.2, 0.25) is 0 Å². The Hall–Kier alpha value is -1.03. The summed E-state index contributed by atoms with van der Waals surface area (Å²) in [6.45, 7) is 0. The number of hydrogen-bond donors (Lipinski definition) is 0. The molecule has 3 aromatic rings. The summed E-state index contributed by atoms with van der Waals surface area (Å²) >= 11 is 11.2. The van der Waals surface area contributed by atoms with Crippen molar-refractivity contribution in [2.45, 2.75) is 9.79 Å². The topological polar surface area (TPSA) is 12.9 Å². The summed E-state index contributed by atoms with van der Waals surface area (Å²) in [5, 5.41) is 1.84. The second-order valence-corrected chi connectivity index (χ2v) is 6.49. The minimum absolute atomic E-state index is 0.714. The van der Waals surface area contributed by atoms with Crippen LogP contribution < -0.4 is 0 Å². The van der Waals surface area contributed by atoms with Crippen LogP contribution in [0.2, 0.25) is 5.02 Å². The van der Waals surface area contributed by atoms with Gasteiger partial charge >= 0.3 is 0 Å². The zero-order valence-electron chi connectivity index (χ0n) is 9.81. The molecule has 2 aromatic carbocycles. The molecule has 0 unspecified atom stereocenters. The maximum Gasteiger partial charge on any atom is 0.0728 e. The summed E-state index contributed by atoms with van der Waals surface area (Å²) < 4.78 is 1.09. The summed E-state index contributed by atoms with van der Waals surface area (Å²) in [6, 6.07) is 16.1. The minimum Gasteiger partial charge on any atom is -0.256 e. The molecule has 0 radical (unpaired) electrons. The molecule has 0 saturated carbocycles. The van der Waals surface area contributed by atoms with Gasteiger partial charge < -0.3 is 0 Å². The van der Waals surface area contributed by atoms with Gasteiger partial charge in [0.05, 0.1) is 5.52 Å². The molecule has 0 N–H and O–H groups in total. The van der Waals surface area contributed by atoms with Crippen molar-refractivity contribution in [3.05, 3.63) is 64.2 Å². The van der Waals surface area contributed by atoms with Crippen molar-refractivity contribution >= 4 is 50.2 Å². The highest BCUT2D eigenvalue weighted by Gasteiger charge is 2.04. The van der Waals surface area contributed by atoms with E-state index in [0.717, 1.165) is 15.4 Å². The zero-order valence-corrected chi connectivity index (χ0v) is 13.0. The third-order valence-electron chi connectivity index (χ3n) is 2.71. The van der Waals surface area contributed by atoms with E-state index in [1.807, 2.05) is 42.6 Å². The van der Waals surface area contributed by atoms with E-state index in [1.165, 1.54) is 9.79 Å². The molecule has 1 aromatic heterocycles. The maximum absolute atomic E-state index is 6.00. The van der Waals surface area contributed by atoms with Crippen LogP contribution in [0.15, 0.2) is 69.0 Å². The monoisotopic (exact) mass is 349 g/mol. The van der Waals surface area contributed by atoms with Crippen molar-refractivity contribution in [3.63, 3.8) is 0 Å². The molecular weight excluding hydrogens is 342 g/mol. The molecule has 0 fully saturated rings. The number of nitrogens with zero attached hydrogens (tertiary/aromatic N) is 1. The van der Waals surface area contributed by atoms with E-state index in [0.29, 0.717) is 5.02 Å². The molecule has 0 atom stereocenters. The van der Waals surface area contributed by atoms with Crippen LogP contribution in [0.1, 0.15) is 0 Å². The maximum atomic E-state index is 6.00. The average Bonchev–Trinajstić information content (AvgIpc) is 2.41. The Kier molecular flexibility index (Phi) is 3.78. The number of halogens is 2. The van der Waals surface area contributed by atoms with Crippen molar-refractivity contribution in [2.75, 3.05) is 0 Å². The molecule has 0 spiro atoms. The first-order chi connectivity index (χ1) is 9.22. The molecule has 0 bridgehead atoms. The van der Waals surface area contributed by atoms with Gasteiger partial charge in [0.15, 0.2) is 0 Å². The lowest BCUT2D eigenvalue weighted by atomic mass is 10.2. The van der Waals surface area contributed by atoms with Gasteiger partial charge in [-0.25, -0.2) is 0 Å². The third kappa shape index (κ3) is 2.94. The molecule has 3 rings (SSSR count). The van der Waals surface area contributed by atoms with Gasteiger partial charge in [0, 0.05) is 30.9 Å². The van der Waals surface area contributed by atoms with E-state index in [-0.39, 0.29) is 0 Å². The van der Waals surface area contributed by atoms with Crippen molar-refractivity contribution in [1.29, 1.82) is 0 Å². The first-order valence-corrected chi connectivity index (χ1v) is 7.69. The Balaban J connectivity index is 2.03. The van der Waals surface area contributed by atoms with Gasteiger partial charge in [-0.15, -0.1) is 0 Å². The molecule has 1 heterocycles. The summed E-state index contributed by atoms with van der Waals surface area (Å²) in [5.41, 5.74) is 0.926. The van der Waals surface area contributed by atoms with E-state index in [9.17, 15) is 0 Å². The predicted molar refractivity (Wildman–Crippen MR) is 85.0 cm³/mol. The molecule has 0 saturated heterocycles. The SMILES string of the molecule is Clc1ccc2c(Sc3ccc(Br)cc3)ccnc2c1. The van der Waals surface area contributed by atoms with E-state index in [2.05, 4.69) is 33.0 Å². The number of aromatic nitrogens is 1. The Bertz CT molecular complexity index is 728. The summed E-state index contributed by atoms with van der Waals surface area (Å²) in [5.74, 6) is 0. The van der Waals surface area contributed by atoms with E-state index < -0.39 is 0 Å². The van der Waals surface area contributed by atoms with Gasteiger partial charge in [0.1, 0.15) is 0 Å². The van der Waals surface area contributed by atoms with Gasteiger partial charge in [-0.2, -0.15) is 0 Å². The van der Waals surface area contributed by atoms with Crippen LogP contribution in [-0.4, -0.2) is 4.98 Å². The summed E-state index contributed by atoms with van der Waals surface area (Å²) in [4.78, 5) is 6.74. The van der Waals surface area contributed by atoms with Crippen LogP contribution in [0.3, 0.4) is 0 Å². The standard InChI is InChI=1S/C15H9BrClNS/c16-10-1-4-12(5-2-10)19-15-7-8-18-14-9-11(17)3-6-13(14)15/h1-9H. The number of pyridine rings is 1. The lowest BCUT2D eigenvalue weighted by Crippen LogP contribution is -1.82. The smallest absolute Gasteiger partial charge is 0.0728 e. The molecule has 0 aliphatic carbocycles. The van der Waals surface area contributed by atoms with Crippen molar-refractivity contribution in [1.82, 2.24) is 4.98 Å². The summed E-state index contributed by atoms with van der Waals surface area (Å²) in [7, 11) is 0. The number of fused-ring (bicyclic) bond motifs is 1. The first-order valence-electron chi connectivity index (χ1n) is 5.70. The van der Waals surface area contributed by atoms with Crippen LogP contribution >= 0.6 is 39.3 Å². The highest BCUT2D eigenvalue weighted by molar-refractivity contribution is 9.10. The molecule has 0 aliphatic heterocycles. The van der Waals surface area contributed by atoms with Crippen LogP contribution in [0.5, 0.6) is 0 Å². The average molecular weight is 351 g/mol. The number of hydrogen-bond acceptors (Lipinski definition) is 2. The van der Waals surface area contributed by atoms with Crippen molar-refractivity contribution in [3.8, 4) is 0 Å². The zero-order chi connectivity index (χ0) is 13.2. The first kappa shape index (κ1) is 13.0. The molecule has 0 aliphatic rings. The largest absolute Gasteiger partial charge is 0.256 e. The molecule has 19 heavy (non-hydrogen) atoms. The van der Waals surface area contributed by atoms with Crippen LogP contribution in [0.25, 0.3) is 10.9 Å². The summed E-state index contributed by atoms with van der Waals surface area (Å²) in [6.07, 6.45) is 1.82. The Morgan fingerprint density at radius 1 is 1.00 bits per heavy atom. The lowest BCUT2D eigenvalue weighted by Gasteiger charge is -2.06. The van der Waals surface area contributed by atoms with Gasteiger partial charge in [0.25, 0.3) is 0 Å². The Morgan fingerprint density at radius 2 is 1.79 bits per heavy atom. The van der Waals surface area contributed by atoms with Gasteiger partial charge in [-0.05, 0) is 42.5 Å². The fourth-order valence-electron chi connectivity index (χ4n) is 1.81. The third-order valence-corrected chi connectivity index (χ3v) is 4.55. The lowest BCUT2D eigenvalue weighted by molar-refractivity contribution is 1.34. The molecule has 94 valence electrons. The van der Waals surface area contributed by atoms with E-state index in [1.54, 1.807) is 11.8 Å². The van der Waals surface area contributed by atoms with Gasteiger partial charge in [-0.1, -0.05) is 45.4 Å². The molecule has 1 nitrogen and oxygen atoms in total. The Labute approximate surface area is 129 Å². The second kappa shape index (κ2) is 5.53. The van der Waals surface area contributed by atoms with Crippen molar-refractivity contribution in [2.24, 2.45) is 0 Å². The van der Waals surface area contributed by atoms with Gasteiger partial charge in [-0.3, -0.25) is 4.98 Å². The quantitative estimate of drug-likeness (QED) is 0.579. The highest BCUT2D eigenvalue weighted by Crippen LogP contribution is 2.33. The van der Waals surface area contributed by atoms with Crippen molar-refractivity contribution < 1.29 is 0 Å². The Morgan fingerprint density at radius 3 is 2.58 bits per heavy atom. The second-order valence-electron chi connectivity index (χ2n) is 4.03. The van der Waals surface area contributed by atoms with Crippen LogP contribution in [0.4, 0.5) is 0 Å². The minimum atomic E-state index is 0.714. The highest BCUT2D eigenvalue weighted by atomic mass is 79.9. The predicted octanol–water partition coefficient (Wildman–Crippen LogP) is 5.80.